The number of aromatic amines is 1. The number of anilines is 1. The predicted molar refractivity (Wildman–Crippen MR) is 46.0 cm³/mol. The van der Waals surface area contributed by atoms with Crippen LogP contribution in [0.2, 0.25) is 0 Å². The van der Waals surface area contributed by atoms with Gasteiger partial charge in [0.2, 0.25) is 0 Å². The van der Waals surface area contributed by atoms with Crippen LogP contribution in [0.4, 0.5) is 5.82 Å². The van der Waals surface area contributed by atoms with Gasteiger partial charge in [-0.05, 0) is 12.3 Å². The predicted octanol–water partition coefficient (Wildman–Crippen LogP) is 0.590. The van der Waals surface area contributed by atoms with Gasteiger partial charge in [-0.3, -0.25) is 4.79 Å². The Morgan fingerprint density at radius 1 is 1.75 bits per heavy atom. The maximum atomic E-state index is 10.8. The summed E-state index contributed by atoms with van der Waals surface area (Å²) < 4.78 is 0. The average molecular weight is 165 g/mol. The maximum Gasteiger partial charge on any atom is 0.252 e. The highest BCUT2D eigenvalue weighted by Gasteiger charge is 2.32. The van der Waals surface area contributed by atoms with E-state index in [0.29, 0.717) is 17.8 Å². The summed E-state index contributed by atoms with van der Waals surface area (Å²) in [7, 11) is 0. The average Bonchev–Trinajstić information content (AvgIpc) is 2.66. The van der Waals surface area contributed by atoms with Crippen molar-refractivity contribution >= 4 is 5.82 Å². The van der Waals surface area contributed by atoms with Crippen molar-refractivity contribution in [2.24, 2.45) is 5.92 Å². The van der Waals surface area contributed by atoms with Crippen molar-refractivity contribution in [1.29, 1.82) is 0 Å². The Balaban J connectivity index is 2.08. The smallest absolute Gasteiger partial charge is 0.252 e. The molecule has 0 amide bonds. The third-order valence-electron chi connectivity index (χ3n) is 2.12. The van der Waals surface area contributed by atoms with Crippen molar-refractivity contribution in [1.82, 2.24) is 9.97 Å². The number of hydrogen-bond acceptors (Lipinski definition) is 3. The van der Waals surface area contributed by atoms with E-state index in [1.54, 1.807) is 0 Å². The SMILES string of the molecule is CC1CC1Nc1cc(=O)[nH]cn1. The number of nitrogens with one attached hydrogen (secondary N) is 2. The third kappa shape index (κ3) is 1.47. The van der Waals surface area contributed by atoms with Gasteiger partial charge < -0.3 is 10.3 Å². The fourth-order valence-corrected chi connectivity index (χ4v) is 1.16. The van der Waals surface area contributed by atoms with E-state index in [4.69, 9.17) is 0 Å². The number of hydrogen-bond donors (Lipinski definition) is 2. The molecule has 2 unspecified atom stereocenters. The van der Waals surface area contributed by atoms with Gasteiger partial charge in [-0.25, -0.2) is 4.98 Å². The highest BCUT2D eigenvalue weighted by molar-refractivity contribution is 5.35. The number of aromatic nitrogens is 2. The van der Waals surface area contributed by atoms with Gasteiger partial charge >= 0.3 is 0 Å². The molecule has 1 heterocycles. The molecule has 2 atom stereocenters. The Hall–Kier alpha value is -1.32. The minimum Gasteiger partial charge on any atom is -0.367 e. The highest BCUT2D eigenvalue weighted by Crippen LogP contribution is 2.31. The fraction of sp³-hybridized carbons (Fsp3) is 0.500. The summed E-state index contributed by atoms with van der Waals surface area (Å²) in [5, 5.41) is 3.18. The van der Waals surface area contributed by atoms with E-state index in [1.807, 2.05) is 0 Å². The summed E-state index contributed by atoms with van der Waals surface area (Å²) in [4.78, 5) is 17.3. The van der Waals surface area contributed by atoms with E-state index in [2.05, 4.69) is 22.2 Å². The molecule has 1 aliphatic carbocycles. The summed E-state index contributed by atoms with van der Waals surface area (Å²) in [6.07, 6.45) is 2.59. The summed E-state index contributed by atoms with van der Waals surface area (Å²) in [6.45, 7) is 2.17. The lowest BCUT2D eigenvalue weighted by atomic mass is 10.4. The third-order valence-corrected chi connectivity index (χ3v) is 2.12. The molecule has 1 aromatic heterocycles. The molecule has 64 valence electrons. The van der Waals surface area contributed by atoms with Gasteiger partial charge in [-0.2, -0.15) is 0 Å². The summed E-state index contributed by atoms with van der Waals surface area (Å²) in [5.41, 5.74) is -0.110. The van der Waals surface area contributed by atoms with E-state index < -0.39 is 0 Å². The van der Waals surface area contributed by atoms with E-state index in [1.165, 1.54) is 18.8 Å². The minimum absolute atomic E-state index is 0.110. The van der Waals surface area contributed by atoms with E-state index in [0.717, 1.165) is 0 Å². The van der Waals surface area contributed by atoms with Gasteiger partial charge in [0.05, 0.1) is 6.33 Å². The molecule has 0 aromatic carbocycles. The van der Waals surface area contributed by atoms with Crippen molar-refractivity contribution in [3.8, 4) is 0 Å². The molecule has 4 heteroatoms. The van der Waals surface area contributed by atoms with Crippen molar-refractivity contribution < 1.29 is 0 Å². The molecule has 0 saturated heterocycles. The molecule has 1 fully saturated rings. The Labute approximate surface area is 70.0 Å². The van der Waals surface area contributed by atoms with Crippen molar-refractivity contribution in [2.45, 2.75) is 19.4 Å². The molecule has 0 radical (unpaired) electrons. The quantitative estimate of drug-likeness (QED) is 0.674. The first-order chi connectivity index (χ1) is 5.75. The van der Waals surface area contributed by atoms with E-state index in [-0.39, 0.29) is 5.56 Å². The molecule has 0 bridgehead atoms. The zero-order valence-electron chi connectivity index (χ0n) is 6.87. The molecule has 1 aromatic rings. The molecule has 0 aliphatic heterocycles. The van der Waals surface area contributed by atoms with Gasteiger partial charge in [-0.15, -0.1) is 0 Å². The minimum atomic E-state index is -0.110. The first-order valence-electron chi connectivity index (χ1n) is 4.07. The first kappa shape index (κ1) is 7.34. The van der Waals surface area contributed by atoms with E-state index in [9.17, 15) is 4.79 Å². The van der Waals surface area contributed by atoms with Crippen LogP contribution < -0.4 is 10.9 Å². The normalized spacial score (nSPS) is 26.8. The van der Waals surface area contributed by atoms with Crippen LogP contribution in [-0.4, -0.2) is 16.0 Å². The van der Waals surface area contributed by atoms with E-state index >= 15 is 0 Å². The first-order valence-corrected chi connectivity index (χ1v) is 4.07. The van der Waals surface area contributed by atoms with Crippen LogP contribution >= 0.6 is 0 Å². The lowest BCUT2D eigenvalue weighted by molar-refractivity contribution is 0.920. The largest absolute Gasteiger partial charge is 0.367 e. The molecule has 4 nitrogen and oxygen atoms in total. The Morgan fingerprint density at radius 3 is 3.08 bits per heavy atom. The topological polar surface area (TPSA) is 57.8 Å². The Kier molecular flexibility index (Phi) is 1.60. The molecular weight excluding hydrogens is 154 g/mol. The Morgan fingerprint density at radius 2 is 2.50 bits per heavy atom. The molecule has 12 heavy (non-hydrogen) atoms. The molecule has 0 spiro atoms. The Bertz CT molecular complexity index is 333. The molecular formula is C8H11N3O. The van der Waals surface area contributed by atoms with Gasteiger partial charge in [0.15, 0.2) is 0 Å². The summed E-state index contributed by atoms with van der Waals surface area (Å²) in [6, 6.07) is 1.99. The molecule has 1 saturated carbocycles. The zero-order valence-corrected chi connectivity index (χ0v) is 6.87. The second-order valence-electron chi connectivity index (χ2n) is 3.26. The van der Waals surface area contributed by atoms with Crippen molar-refractivity contribution in [2.75, 3.05) is 5.32 Å². The summed E-state index contributed by atoms with van der Waals surface area (Å²) in [5.74, 6) is 1.39. The number of rotatable bonds is 2. The lowest BCUT2D eigenvalue weighted by Crippen LogP contribution is -2.11. The second kappa shape index (κ2) is 2.62. The highest BCUT2D eigenvalue weighted by atomic mass is 16.1. The van der Waals surface area contributed by atoms with Gasteiger partial charge in [0.25, 0.3) is 5.56 Å². The lowest BCUT2D eigenvalue weighted by Gasteiger charge is -2.00. The maximum absolute atomic E-state index is 10.8. The zero-order chi connectivity index (χ0) is 8.55. The standard InChI is InChI=1S/C8H11N3O/c1-5-2-6(5)11-7-3-8(12)10-4-9-7/h3-6H,2H2,1H3,(H2,9,10,11,12). The molecule has 1 aliphatic rings. The van der Waals surface area contributed by atoms with Crippen LogP contribution in [0.3, 0.4) is 0 Å². The monoisotopic (exact) mass is 165 g/mol. The van der Waals surface area contributed by atoms with Gasteiger partial charge in [-0.1, -0.05) is 6.92 Å². The molecule has 2 N–H and O–H groups in total. The summed E-state index contributed by atoms with van der Waals surface area (Å²) >= 11 is 0. The van der Waals surface area contributed by atoms with Gasteiger partial charge in [0, 0.05) is 12.1 Å². The van der Waals surface area contributed by atoms with Crippen LogP contribution in [0.15, 0.2) is 17.2 Å². The van der Waals surface area contributed by atoms with Gasteiger partial charge in [0.1, 0.15) is 5.82 Å². The second-order valence-corrected chi connectivity index (χ2v) is 3.26. The van der Waals surface area contributed by atoms with Crippen molar-refractivity contribution in [3.63, 3.8) is 0 Å². The number of H-pyrrole nitrogens is 1. The van der Waals surface area contributed by atoms with Crippen LogP contribution in [0.5, 0.6) is 0 Å². The van der Waals surface area contributed by atoms with Crippen LogP contribution in [-0.2, 0) is 0 Å². The van der Waals surface area contributed by atoms with Crippen LogP contribution in [0.1, 0.15) is 13.3 Å². The fourth-order valence-electron chi connectivity index (χ4n) is 1.16. The van der Waals surface area contributed by atoms with Crippen LogP contribution in [0, 0.1) is 5.92 Å². The van der Waals surface area contributed by atoms with Crippen molar-refractivity contribution in [3.05, 3.63) is 22.7 Å². The van der Waals surface area contributed by atoms with Crippen LogP contribution in [0.25, 0.3) is 0 Å². The number of nitrogens with zero attached hydrogens (tertiary/aromatic N) is 1. The molecule has 2 rings (SSSR count).